The lowest BCUT2D eigenvalue weighted by Gasteiger charge is -2.23. The highest BCUT2D eigenvalue weighted by Crippen LogP contribution is 2.33. The van der Waals surface area contributed by atoms with Crippen LogP contribution in [0.5, 0.6) is 0 Å². The fourth-order valence-corrected chi connectivity index (χ4v) is 4.22. The van der Waals surface area contributed by atoms with Gasteiger partial charge < -0.3 is 9.80 Å². The molecular weight excluding hydrogens is 313 g/mol. The first-order valence-electron chi connectivity index (χ1n) is 8.40. The predicted octanol–water partition coefficient (Wildman–Crippen LogP) is 2.65. The van der Waals surface area contributed by atoms with Gasteiger partial charge in [-0.3, -0.25) is 4.79 Å². The van der Waals surface area contributed by atoms with Gasteiger partial charge in [0.25, 0.3) is 0 Å². The van der Waals surface area contributed by atoms with Crippen molar-refractivity contribution in [3.63, 3.8) is 0 Å². The molecule has 0 aliphatic carbocycles. The molecule has 0 saturated carbocycles. The summed E-state index contributed by atoms with van der Waals surface area (Å²) in [6.07, 6.45) is 3.66. The van der Waals surface area contributed by atoms with Crippen LogP contribution in [0.25, 0.3) is 0 Å². The Morgan fingerprint density at radius 3 is 2.65 bits per heavy atom. The third-order valence-corrected chi connectivity index (χ3v) is 5.80. The number of aromatic nitrogens is 1. The highest BCUT2D eigenvalue weighted by atomic mass is 32.2. The van der Waals surface area contributed by atoms with Crippen molar-refractivity contribution in [3.8, 4) is 0 Å². The van der Waals surface area contributed by atoms with E-state index in [0.29, 0.717) is 23.4 Å². The number of hydrogen-bond acceptors (Lipinski definition) is 4. The van der Waals surface area contributed by atoms with Crippen LogP contribution < -0.4 is 4.90 Å². The summed E-state index contributed by atoms with van der Waals surface area (Å²) in [6.45, 7) is 5.46. The molecule has 2 aliphatic heterocycles. The minimum Gasteiger partial charge on any atom is -0.354 e. The summed E-state index contributed by atoms with van der Waals surface area (Å²) in [5.41, 5.74) is 0. The summed E-state index contributed by atoms with van der Waals surface area (Å²) in [6, 6.07) is 3.10. The zero-order valence-electron chi connectivity index (χ0n) is 13.6. The van der Waals surface area contributed by atoms with Crippen molar-refractivity contribution in [1.29, 1.82) is 0 Å². The molecule has 2 fully saturated rings. The van der Waals surface area contributed by atoms with E-state index in [2.05, 4.69) is 16.8 Å². The summed E-state index contributed by atoms with van der Waals surface area (Å²) in [5.74, 6) is 3.17. The number of rotatable bonds is 4. The maximum atomic E-state index is 13.9. The second kappa shape index (κ2) is 7.51. The van der Waals surface area contributed by atoms with E-state index in [9.17, 15) is 9.18 Å². The molecule has 3 rings (SSSR count). The van der Waals surface area contributed by atoms with E-state index < -0.39 is 0 Å². The molecular formula is C17H24FN3OS. The van der Waals surface area contributed by atoms with Crippen LogP contribution in [0, 0.1) is 17.7 Å². The molecule has 1 aromatic heterocycles. The zero-order chi connectivity index (χ0) is 16.2. The van der Waals surface area contributed by atoms with Crippen LogP contribution in [0.2, 0.25) is 0 Å². The average Bonchev–Trinajstić information content (AvgIpc) is 2.87. The molecule has 2 atom stereocenters. The first kappa shape index (κ1) is 16.6. The van der Waals surface area contributed by atoms with E-state index in [1.54, 1.807) is 24.0 Å². The first-order chi connectivity index (χ1) is 11.2. The number of carbonyl (C=O) groups excluding carboxylic acids is 1. The van der Waals surface area contributed by atoms with Gasteiger partial charge in [-0.2, -0.15) is 11.8 Å². The largest absolute Gasteiger partial charge is 0.354 e. The Labute approximate surface area is 141 Å². The molecule has 4 nitrogen and oxygen atoms in total. The molecule has 1 amide bonds. The third-order valence-electron chi connectivity index (χ3n) is 4.94. The van der Waals surface area contributed by atoms with Gasteiger partial charge in [0, 0.05) is 32.4 Å². The Bertz CT molecular complexity index is 540. The number of anilines is 1. The second-order valence-electron chi connectivity index (χ2n) is 6.33. The molecule has 6 heteroatoms. The Morgan fingerprint density at radius 2 is 2.04 bits per heavy atom. The van der Waals surface area contributed by atoms with Gasteiger partial charge in [0.2, 0.25) is 5.91 Å². The molecule has 0 radical (unpaired) electrons. The molecule has 126 valence electrons. The lowest BCUT2D eigenvalue weighted by Crippen LogP contribution is -2.32. The predicted molar refractivity (Wildman–Crippen MR) is 92.2 cm³/mol. The van der Waals surface area contributed by atoms with E-state index in [1.165, 1.54) is 6.07 Å². The van der Waals surface area contributed by atoms with Crippen molar-refractivity contribution in [3.05, 3.63) is 24.1 Å². The molecule has 23 heavy (non-hydrogen) atoms. The van der Waals surface area contributed by atoms with Gasteiger partial charge in [-0.1, -0.05) is 6.92 Å². The fourth-order valence-electron chi connectivity index (χ4n) is 3.65. The number of halogens is 1. The van der Waals surface area contributed by atoms with Gasteiger partial charge in [-0.15, -0.1) is 0 Å². The summed E-state index contributed by atoms with van der Waals surface area (Å²) >= 11 is 1.69. The first-order valence-corrected chi connectivity index (χ1v) is 9.55. The van der Waals surface area contributed by atoms with E-state index >= 15 is 0 Å². The van der Waals surface area contributed by atoms with Crippen LogP contribution in [0.4, 0.5) is 10.2 Å². The number of amides is 1. The highest BCUT2D eigenvalue weighted by molar-refractivity contribution is 7.99. The molecule has 0 aromatic carbocycles. The molecule has 0 bridgehead atoms. The molecule has 2 aliphatic rings. The smallest absolute Gasteiger partial charge is 0.232 e. The average molecular weight is 337 g/mol. The number of nitrogens with zero attached hydrogens (tertiary/aromatic N) is 3. The maximum Gasteiger partial charge on any atom is 0.232 e. The van der Waals surface area contributed by atoms with Crippen LogP contribution >= 0.6 is 11.8 Å². The van der Waals surface area contributed by atoms with E-state index in [4.69, 9.17) is 0 Å². The molecule has 0 N–H and O–H groups in total. The SMILES string of the molecule is CCSCC(=O)N1C[C@H]2CCN(c3ncccc3F)CC[C@H]2C1. The van der Waals surface area contributed by atoms with Crippen molar-refractivity contribution in [2.45, 2.75) is 19.8 Å². The Morgan fingerprint density at radius 1 is 1.35 bits per heavy atom. The van der Waals surface area contributed by atoms with Crippen LogP contribution in [0.3, 0.4) is 0 Å². The third kappa shape index (κ3) is 3.79. The van der Waals surface area contributed by atoms with Gasteiger partial charge in [-0.25, -0.2) is 9.37 Å². The summed E-state index contributed by atoms with van der Waals surface area (Å²) in [5, 5.41) is 0. The number of pyridine rings is 1. The normalized spacial score (nSPS) is 24.4. The van der Waals surface area contributed by atoms with Crippen LogP contribution in [-0.2, 0) is 4.79 Å². The van der Waals surface area contributed by atoms with E-state index in [1.807, 2.05) is 4.90 Å². The number of thioether (sulfide) groups is 1. The Hall–Kier alpha value is -1.30. The quantitative estimate of drug-likeness (QED) is 0.846. The van der Waals surface area contributed by atoms with Crippen LogP contribution in [-0.4, -0.2) is 53.5 Å². The highest BCUT2D eigenvalue weighted by Gasteiger charge is 2.37. The molecule has 0 spiro atoms. The van der Waals surface area contributed by atoms with Crippen molar-refractivity contribution >= 4 is 23.5 Å². The minimum absolute atomic E-state index is 0.243. The summed E-state index contributed by atoms with van der Waals surface area (Å²) < 4.78 is 13.9. The monoisotopic (exact) mass is 337 g/mol. The van der Waals surface area contributed by atoms with Crippen molar-refractivity contribution < 1.29 is 9.18 Å². The topological polar surface area (TPSA) is 36.4 Å². The lowest BCUT2D eigenvalue weighted by molar-refractivity contribution is -0.127. The van der Waals surface area contributed by atoms with E-state index in [-0.39, 0.29) is 11.7 Å². The fraction of sp³-hybridized carbons (Fsp3) is 0.647. The molecule has 3 heterocycles. The van der Waals surface area contributed by atoms with E-state index in [0.717, 1.165) is 44.8 Å². The molecule has 2 saturated heterocycles. The lowest BCUT2D eigenvalue weighted by atomic mass is 9.92. The maximum absolute atomic E-state index is 13.9. The second-order valence-corrected chi connectivity index (χ2v) is 7.60. The Balaban J connectivity index is 1.59. The minimum atomic E-state index is -0.243. The summed E-state index contributed by atoms with van der Waals surface area (Å²) in [7, 11) is 0. The Kier molecular flexibility index (Phi) is 5.41. The molecule has 1 aromatic rings. The van der Waals surface area contributed by atoms with Gasteiger partial charge >= 0.3 is 0 Å². The number of carbonyl (C=O) groups is 1. The van der Waals surface area contributed by atoms with Crippen LogP contribution in [0.15, 0.2) is 18.3 Å². The van der Waals surface area contributed by atoms with Gasteiger partial charge in [0.1, 0.15) is 0 Å². The van der Waals surface area contributed by atoms with Gasteiger partial charge in [0.05, 0.1) is 5.75 Å². The number of likely N-dealkylation sites (tertiary alicyclic amines) is 1. The number of hydrogen-bond donors (Lipinski definition) is 0. The standard InChI is InChI=1S/C17H24FN3OS/c1-2-23-12-16(22)21-10-13-5-8-20(9-6-14(13)11-21)17-15(18)4-3-7-19-17/h3-4,7,13-14H,2,5-6,8-12H2,1H3/t13-,14+. The van der Waals surface area contributed by atoms with Gasteiger partial charge in [-0.05, 0) is 42.6 Å². The molecule has 0 unspecified atom stereocenters. The van der Waals surface area contributed by atoms with Crippen molar-refractivity contribution in [1.82, 2.24) is 9.88 Å². The van der Waals surface area contributed by atoms with Crippen molar-refractivity contribution in [2.75, 3.05) is 42.6 Å². The van der Waals surface area contributed by atoms with Crippen molar-refractivity contribution in [2.24, 2.45) is 11.8 Å². The zero-order valence-corrected chi connectivity index (χ0v) is 14.4. The van der Waals surface area contributed by atoms with Crippen LogP contribution in [0.1, 0.15) is 19.8 Å². The summed E-state index contributed by atoms with van der Waals surface area (Å²) in [4.78, 5) is 20.5. The number of fused-ring (bicyclic) bond motifs is 1. The van der Waals surface area contributed by atoms with Gasteiger partial charge in [0.15, 0.2) is 11.6 Å².